The Kier molecular flexibility index (Phi) is 17.5. The Labute approximate surface area is 376 Å². The molecule has 0 aromatic heterocycles. The quantitative estimate of drug-likeness (QED) is 0.0511. The second-order valence-corrected chi connectivity index (χ2v) is 13.3. The van der Waals surface area contributed by atoms with Crippen molar-refractivity contribution in [2.75, 3.05) is 52.9 Å². The summed E-state index contributed by atoms with van der Waals surface area (Å²) < 4.78 is 47.8. The van der Waals surface area contributed by atoms with Gasteiger partial charge in [0.1, 0.15) is 98.9 Å². The summed E-state index contributed by atoms with van der Waals surface area (Å²) in [5.74, 6) is 22.9. The number of ether oxygens (including phenoxy) is 8. The average Bonchev–Trinajstić information content (AvgIpc) is 3.33. The van der Waals surface area contributed by atoms with E-state index in [9.17, 15) is 0 Å². The van der Waals surface area contributed by atoms with Gasteiger partial charge in [-0.3, -0.25) is 0 Å². The van der Waals surface area contributed by atoms with Crippen molar-refractivity contribution in [3.63, 3.8) is 0 Å². The van der Waals surface area contributed by atoms with Gasteiger partial charge in [-0.2, -0.15) is 0 Å². The van der Waals surface area contributed by atoms with Crippen molar-refractivity contribution in [1.82, 2.24) is 0 Å². The Hall–Kier alpha value is -9.02. The second kappa shape index (κ2) is 24.3. The average molecular weight is 843 g/mol. The van der Waals surface area contributed by atoms with Gasteiger partial charge in [-0.25, -0.2) is 0 Å². The van der Waals surface area contributed by atoms with Crippen LogP contribution in [-0.4, -0.2) is 52.9 Å². The summed E-state index contributed by atoms with van der Waals surface area (Å²) in [6.07, 6.45) is 44.8. The van der Waals surface area contributed by atoms with E-state index in [2.05, 4.69) is 47.4 Å². The maximum atomic E-state index is 6.18. The molecule has 64 heavy (non-hydrogen) atoms. The molecule has 0 N–H and O–H groups in total. The van der Waals surface area contributed by atoms with E-state index < -0.39 is 11.8 Å². The van der Waals surface area contributed by atoms with Gasteiger partial charge in [-0.05, 0) is 35.4 Å². The summed E-state index contributed by atoms with van der Waals surface area (Å²) in [5, 5.41) is 0. The zero-order valence-corrected chi connectivity index (χ0v) is 34.9. The van der Waals surface area contributed by atoms with Gasteiger partial charge in [-0.15, -0.1) is 51.4 Å². The van der Waals surface area contributed by atoms with E-state index in [1.165, 1.54) is 0 Å². The van der Waals surface area contributed by atoms with Gasteiger partial charge in [0.15, 0.2) is 0 Å². The van der Waals surface area contributed by atoms with Crippen LogP contribution >= 0.6 is 0 Å². The summed E-state index contributed by atoms with van der Waals surface area (Å²) in [7, 11) is 0. The van der Waals surface area contributed by atoms with Crippen molar-refractivity contribution in [3.8, 4) is 145 Å². The van der Waals surface area contributed by atoms with Gasteiger partial charge in [-0.1, -0.05) is 95.9 Å². The number of rotatable bonds is 22. The number of hydrogen-bond acceptors (Lipinski definition) is 8. The Morgan fingerprint density at radius 3 is 0.688 bits per heavy atom. The first-order chi connectivity index (χ1) is 31.4. The monoisotopic (exact) mass is 842 g/mol. The topological polar surface area (TPSA) is 73.8 Å². The third kappa shape index (κ3) is 12.1. The van der Waals surface area contributed by atoms with E-state index in [1.807, 2.05) is 72.8 Å². The van der Waals surface area contributed by atoms with Crippen LogP contribution in [0.2, 0.25) is 0 Å². The molecule has 8 heteroatoms. The summed E-state index contributed by atoms with van der Waals surface area (Å²) >= 11 is 0. The van der Waals surface area contributed by atoms with E-state index in [-0.39, 0.29) is 52.9 Å². The molecular formula is C56H42O8. The van der Waals surface area contributed by atoms with Crippen LogP contribution in [0.5, 0.6) is 46.0 Å². The SMILES string of the molecule is C#CCOc1ccc(C(c2ccc(C(c3ccc(OCC#C)cc3OCC#C)c3ccc(OCC#C)cc3OCC#C)cc2)c2ccc(OCC#C)cc2OCC#C)c(OCC#C)c1. The zero-order valence-electron chi connectivity index (χ0n) is 34.9. The molecule has 0 amide bonds. The molecule has 0 saturated heterocycles. The first-order valence-corrected chi connectivity index (χ1v) is 19.6. The van der Waals surface area contributed by atoms with E-state index in [0.29, 0.717) is 46.0 Å². The highest BCUT2D eigenvalue weighted by Gasteiger charge is 2.29. The van der Waals surface area contributed by atoms with Crippen LogP contribution in [-0.2, 0) is 0 Å². The van der Waals surface area contributed by atoms with Gasteiger partial charge in [0.2, 0.25) is 0 Å². The first-order valence-electron chi connectivity index (χ1n) is 19.6. The minimum atomic E-state index is -0.541. The Bertz CT molecular complexity index is 2390. The Morgan fingerprint density at radius 2 is 0.484 bits per heavy atom. The van der Waals surface area contributed by atoms with Crippen LogP contribution in [0, 0.1) is 98.8 Å². The number of terminal acetylenes is 8. The van der Waals surface area contributed by atoms with Crippen LogP contribution in [0.4, 0.5) is 0 Å². The van der Waals surface area contributed by atoms with Crippen molar-refractivity contribution < 1.29 is 37.9 Å². The van der Waals surface area contributed by atoms with Crippen molar-refractivity contribution in [2.45, 2.75) is 11.8 Å². The van der Waals surface area contributed by atoms with Crippen molar-refractivity contribution >= 4 is 0 Å². The largest absolute Gasteiger partial charge is 0.481 e. The maximum absolute atomic E-state index is 6.18. The van der Waals surface area contributed by atoms with E-state index in [1.54, 1.807) is 24.3 Å². The minimum absolute atomic E-state index is 0.0223. The molecule has 0 unspecified atom stereocenters. The number of hydrogen-bond donors (Lipinski definition) is 0. The fraction of sp³-hybridized carbons (Fsp3) is 0.179. The molecule has 0 aliphatic carbocycles. The van der Waals surface area contributed by atoms with Crippen LogP contribution in [0.15, 0.2) is 97.1 Å². The molecule has 0 saturated carbocycles. The van der Waals surface area contributed by atoms with E-state index in [0.717, 1.165) is 33.4 Å². The van der Waals surface area contributed by atoms with Crippen LogP contribution in [0.3, 0.4) is 0 Å². The van der Waals surface area contributed by atoms with Gasteiger partial charge < -0.3 is 37.9 Å². The van der Waals surface area contributed by atoms with Crippen molar-refractivity contribution in [3.05, 3.63) is 130 Å². The van der Waals surface area contributed by atoms with Crippen molar-refractivity contribution in [2.24, 2.45) is 0 Å². The molecule has 0 aliphatic rings. The molecule has 0 fully saturated rings. The fourth-order valence-corrected chi connectivity index (χ4v) is 6.78. The van der Waals surface area contributed by atoms with Crippen LogP contribution in [0.25, 0.3) is 0 Å². The van der Waals surface area contributed by atoms with Crippen molar-refractivity contribution in [1.29, 1.82) is 0 Å². The number of benzene rings is 5. The van der Waals surface area contributed by atoms with Gasteiger partial charge in [0.25, 0.3) is 0 Å². The highest BCUT2D eigenvalue weighted by Crippen LogP contribution is 2.47. The minimum Gasteiger partial charge on any atom is -0.481 e. The lowest BCUT2D eigenvalue weighted by Crippen LogP contribution is -2.12. The van der Waals surface area contributed by atoms with E-state index in [4.69, 9.17) is 89.3 Å². The highest BCUT2D eigenvalue weighted by molar-refractivity contribution is 5.60. The van der Waals surface area contributed by atoms with Crippen LogP contribution < -0.4 is 37.9 Å². The molecular weight excluding hydrogens is 801 g/mol. The Morgan fingerprint density at radius 1 is 0.281 bits per heavy atom. The van der Waals surface area contributed by atoms with Gasteiger partial charge >= 0.3 is 0 Å². The molecule has 0 atom stereocenters. The van der Waals surface area contributed by atoms with Gasteiger partial charge in [0, 0.05) is 58.4 Å². The normalized spacial score (nSPS) is 9.91. The summed E-state index contributed by atoms with van der Waals surface area (Å²) in [6.45, 7) is 0.115. The maximum Gasteiger partial charge on any atom is 0.148 e. The molecule has 314 valence electrons. The van der Waals surface area contributed by atoms with Crippen LogP contribution in [0.1, 0.15) is 45.2 Å². The predicted octanol–water partition coefficient (Wildman–Crippen LogP) is 8.14. The molecule has 5 aromatic carbocycles. The summed E-state index contributed by atoms with van der Waals surface area (Å²) in [6, 6.07) is 29.8. The predicted molar refractivity (Wildman–Crippen MR) is 249 cm³/mol. The lowest BCUT2D eigenvalue weighted by atomic mass is 9.80. The first kappa shape index (κ1) is 46.1. The van der Waals surface area contributed by atoms with E-state index >= 15 is 0 Å². The molecule has 0 heterocycles. The molecule has 5 rings (SSSR count). The lowest BCUT2D eigenvalue weighted by Gasteiger charge is -2.27. The standard InChI is InChI=1S/C56H42O8/c1-9-29-57-43-21-25-47(51(37-43)61-33-13-5)55(48-26-22-44(58-30-10-2)38-52(48)62-34-14-6)41-17-19-42(20-18-41)56(49-27-23-45(59-31-11-3)39-53(49)63-35-15-7)50-28-24-46(60-32-12-4)40-54(50)64-36-16-8/h1-8,17-28,37-40,55-56H,29-36H2. The second-order valence-electron chi connectivity index (χ2n) is 13.3. The molecule has 0 bridgehead atoms. The smallest absolute Gasteiger partial charge is 0.148 e. The highest BCUT2D eigenvalue weighted by atomic mass is 16.5. The molecule has 0 spiro atoms. The fourth-order valence-electron chi connectivity index (χ4n) is 6.78. The summed E-state index contributed by atoms with van der Waals surface area (Å²) in [4.78, 5) is 0. The molecule has 0 radical (unpaired) electrons. The zero-order chi connectivity index (χ0) is 45.5. The third-order valence-corrected chi connectivity index (χ3v) is 9.32. The van der Waals surface area contributed by atoms with Gasteiger partial charge in [0.05, 0.1) is 0 Å². The third-order valence-electron chi connectivity index (χ3n) is 9.32. The summed E-state index contributed by atoms with van der Waals surface area (Å²) in [5.41, 5.74) is 4.59. The Balaban J connectivity index is 1.78. The molecule has 5 aromatic rings. The molecule has 8 nitrogen and oxygen atoms in total. The lowest BCUT2D eigenvalue weighted by molar-refractivity contribution is 0.344. The molecule has 0 aliphatic heterocycles.